The molecule has 0 saturated heterocycles. The molecule has 0 saturated carbocycles. The summed E-state index contributed by atoms with van der Waals surface area (Å²) in [6.07, 6.45) is -0.464. The maximum absolute atomic E-state index is 11.6. The van der Waals surface area contributed by atoms with Crippen LogP contribution in [-0.4, -0.2) is 40.1 Å². The first-order valence-corrected chi connectivity index (χ1v) is 6.33. The van der Waals surface area contributed by atoms with Crippen molar-refractivity contribution in [1.82, 2.24) is 5.32 Å². The molecule has 20 heavy (non-hydrogen) atoms. The number of ether oxygens (including phenoxy) is 1. The molecule has 7 nitrogen and oxygen atoms in total. The van der Waals surface area contributed by atoms with Gasteiger partial charge in [0.1, 0.15) is 11.6 Å². The Bertz CT molecular complexity index is 349. The number of carboxylic acid groups (broad SMARTS) is 1. The topological polar surface area (TPSA) is 119 Å². The molecule has 0 rings (SSSR count). The maximum Gasteiger partial charge on any atom is 0.326 e. The molecule has 0 aliphatic heterocycles. The van der Waals surface area contributed by atoms with Gasteiger partial charge in [0.05, 0.1) is 6.42 Å². The summed E-state index contributed by atoms with van der Waals surface area (Å²) in [7, 11) is 0. The van der Waals surface area contributed by atoms with E-state index in [0.717, 1.165) is 0 Å². The van der Waals surface area contributed by atoms with Gasteiger partial charge in [0, 0.05) is 12.0 Å². The Balaban J connectivity index is 4.56. The molecule has 0 heterocycles. The number of carbonyl (C=O) groups excluding carboxylic acids is 2. The Kier molecular flexibility index (Phi) is 6.15. The number of hydrogen-bond donors (Lipinski definition) is 3. The zero-order valence-electron chi connectivity index (χ0n) is 12.6. The second-order valence-electron chi connectivity index (χ2n) is 6.41. The summed E-state index contributed by atoms with van der Waals surface area (Å²) in [5.41, 5.74) is 4.22. The molecule has 0 spiro atoms. The summed E-state index contributed by atoms with van der Waals surface area (Å²) >= 11 is 0. The molecule has 116 valence electrons. The maximum atomic E-state index is 11.6. The van der Waals surface area contributed by atoms with Crippen molar-refractivity contribution >= 4 is 17.8 Å². The van der Waals surface area contributed by atoms with Crippen molar-refractivity contribution in [3.05, 3.63) is 0 Å². The van der Waals surface area contributed by atoms with E-state index in [-0.39, 0.29) is 6.42 Å². The molecular formula is C13H24N2O5. The minimum atomic E-state index is -1.32. The number of hydrogen-bond acceptors (Lipinski definition) is 5. The molecule has 0 bridgehead atoms. The number of amides is 1. The number of aliphatic carboxylic acids is 1. The van der Waals surface area contributed by atoms with Gasteiger partial charge in [0.2, 0.25) is 5.91 Å². The van der Waals surface area contributed by atoms with Crippen molar-refractivity contribution in [2.24, 2.45) is 5.73 Å². The molecule has 4 N–H and O–H groups in total. The first-order chi connectivity index (χ1) is 8.80. The Morgan fingerprint density at radius 1 is 1.20 bits per heavy atom. The second-order valence-corrected chi connectivity index (χ2v) is 6.41. The van der Waals surface area contributed by atoms with Crippen LogP contribution in [0, 0.1) is 0 Å². The van der Waals surface area contributed by atoms with E-state index >= 15 is 0 Å². The van der Waals surface area contributed by atoms with Crippen LogP contribution in [0.1, 0.15) is 47.5 Å². The average Bonchev–Trinajstić information content (AvgIpc) is 2.09. The highest BCUT2D eigenvalue weighted by molar-refractivity contribution is 5.87. The van der Waals surface area contributed by atoms with E-state index in [2.05, 4.69) is 5.32 Å². The van der Waals surface area contributed by atoms with Gasteiger partial charge in [-0.2, -0.15) is 0 Å². The van der Waals surface area contributed by atoms with Gasteiger partial charge in [-0.15, -0.1) is 0 Å². The van der Waals surface area contributed by atoms with Gasteiger partial charge >= 0.3 is 11.9 Å². The largest absolute Gasteiger partial charge is 0.480 e. The number of esters is 1. The minimum Gasteiger partial charge on any atom is -0.480 e. The fourth-order valence-electron chi connectivity index (χ4n) is 1.41. The molecule has 0 fully saturated rings. The predicted octanol–water partition coefficient (Wildman–Crippen LogP) is 0.415. The fraction of sp³-hybridized carbons (Fsp3) is 0.769. The van der Waals surface area contributed by atoms with Crippen LogP contribution >= 0.6 is 0 Å². The monoisotopic (exact) mass is 288 g/mol. The third-order valence-electron chi connectivity index (χ3n) is 2.04. The molecule has 0 aromatic heterocycles. The molecule has 0 radical (unpaired) electrons. The van der Waals surface area contributed by atoms with Crippen LogP contribution in [-0.2, 0) is 19.1 Å². The van der Waals surface area contributed by atoms with E-state index in [9.17, 15) is 14.4 Å². The van der Waals surface area contributed by atoms with Crippen LogP contribution in [0.15, 0.2) is 0 Å². The molecule has 0 aromatic carbocycles. The first kappa shape index (κ1) is 18.4. The number of carbonyl (C=O) groups is 3. The average molecular weight is 288 g/mol. The van der Waals surface area contributed by atoms with Gasteiger partial charge in [-0.3, -0.25) is 9.59 Å². The van der Waals surface area contributed by atoms with Crippen molar-refractivity contribution < 1.29 is 24.2 Å². The van der Waals surface area contributed by atoms with Crippen LogP contribution in [0.25, 0.3) is 0 Å². The lowest BCUT2D eigenvalue weighted by Crippen LogP contribution is -2.46. The van der Waals surface area contributed by atoms with Crippen LogP contribution < -0.4 is 11.1 Å². The molecule has 1 amide bonds. The molecule has 0 aliphatic carbocycles. The molecule has 1 atom stereocenters. The number of nitrogens with two attached hydrogens (primary N) is 1. The summed E-state index contributed by atoms with van der Waals surface area (Å²) in [6.45, 7) is 8.33. The Morgan fingerprint density at radius 2 is 1.70 bits per heavy atom. The SMILES string of the molecule is CC(C)(N)CC(=O)N[C@@H](CC(=O)OC(C)(C)C)C(=O)O. The third-order valence-corrected chi connectivity index (χ3v) is 2.04. The van der Waals surface area contributed by atoms with Crippen LogP contribution in [0.3, 0.4) is 0 Å². The van der Waals surface area contributed by atoms with E-state index in [0.29, 0.717) is 0 Å². The number of rotatable bonds is 6. The van der Waals surface area contributed by atoms with E-state index in [1.165, 1.54) is 0 Å². The quantitative estimate of drug-likeness (QED) is 0.609. The highest BCUT2D eigenvalue weighted by atomic mass is 16.6. The lowest BCUT2D eigenvalue weighted by atomic mass is 10.0. The third kappa shape index (κ3) is 9.32. The van der Waals surface area contributed by atoms with Gasteiger partial charge in [-0.1, -0.05) is 0 Å². The number of nitrogens with one attached hydrogen (secondary N) is 1. The minimum absolute atomic E-state index is 0.0366. The van der Waals surface area contributed by atoms with Gasteiger partial charge in [-0.25, -0.2) is 4.79 Å². The van der Waals surface area contributed by atoms with Gasteiger partial charge in [0.25, 0.3) is 0 Å². The predicted molar refractivity (Wildman–Crippen MR) is 72.9 cm³/mol. The van der Waals surface area contributed by atoms with E-state index in [1.807, 2.05) is 0 Å². The highest BCUT2D eigenvalue weighted by Crippen LogP contribution is 2.10. The van der Waals surface area contributed by atoms with Crippen LogP contribution in [0.5, 0.6) is 0 Å². The van der Waals surface area contributed by atoms with Gasteiger partial charge in [-0.05, 0) is 34.6 Å². The van der Waals surface area contributed by atoms with Crippen molar-refractivity contribution in [3.63, 3.8) is 0 Å². The fourth-order valence-corrected chi connectivity index (χ4v) is 1.41. The Hall–Kier alpha value is -1.63. The van der Waals surface area contributed by atoms with Crippen molar-refractivity contribution in [3.8, 4) is 0 Å². The van der Waals surface area contributed by atoms with Crippen molar-refractivity contribution in [1.29, 1.82) is 0 Å². The van der Waals surface area contributed by atoms with Gasteiger partial charge < -0.3 is 20.9 Å². The summed E-state index contributed by atoms with van der Waals surface area (Å²) in [5, 5.41) is 11.3. The standard InChI is InChI=1S/C13H24N2O5/c1-12(2,3)20-10(17)6-8(11(18)19)15-9(16)7-13(4,5)14/h8H,6-7,14H2,1-5H3,(H,15,16)(H,18,19)/t8-/m0/s1. The zero-order chi connectivity index (χ0) is 16.1. The summed E-state index contributed by atoms with van der Waals surface area (Å²) in [5.74, 6) is -2.50. The highest BCUT2D eigenvalue weighted by Gasteiger charge is 2.27. The first-order valence-electron chi connectivity index (χ1n) is 6.33. The summed E-state index contributed by atoms with van der Waals surface area (Å²) in [4.78, 5) is 34.3. The molecular weight excluding hydrogens is 264 g/mol. The van der Waals surface area contributed by atoms with Crippen molar-refractivity contribution in [2.75, 3.05) is 0 Å². The lowest BCUT2D eigenvalue weighted by Gasteiger charge is -2.22. The smallest absolute Gasteiger partial charge is 0.326 e. The van der Waals surface area contributed by atoms with E-state index in [1.54, 1.807) is 34.6 Å². The second kappa shape index (κ2) is 6.69. The Labute approximate surface area is 118 Å². The molecule has 0 aliphatic rings. The molecule has 0 aromatic rings. The zero-order valence-corrected chi connectivity index (χ0v) is 12.6. The Morgan fingerprint density at radius 3 is 2.05 bits per heavy atom. The molecule has 7 heteroatoms. The van der Waals surface area contributed by atoms with Crippen LogP contribution in [0.2, 0.25) is 0 Å². The number of carboxylic acids is 1. The van der Waals surface area contributed by atoms with E-state index < -0.39 is 41.4 Å². The summed E-state index contributed by atoms with van der Waals surface area (Å²) < 4.78 is 5.02. The van der Waals surface area contributed by atoms with Gasteiger partial charge in [0.15, 0.2) is 0 Å². The molecule has 0 unspecified atom stereocenters. The lowest BCUT2D eigenvalue weighted by molar-refractivity contribution is -0.158. The van der Waals surface area contributed by atoms with Crippen LogP contribution in [0.4, 0.5) is 0 Å². The normalized spacial score (nSPS) is 13.5. The summed E-state index contributed by atoms with van der Waals surface area (Å²) in [6, 6.07) is -1.32. The van der Waals surface area contributed by atoms with Crippen molar-refractivity contribution in [2.45, 2.75) is 64.6 Å². The van der Waals surface area contributed by atoms with E-state index in [4.69, 9.17) is 15.6 Å².